The lowest BCUT2D eigenvalue weighted by Crippen LogP contribution is -2.47. The van der Waals surface area contributed by atoms with Crippen LogP contribution in [0.1, 0.15) is 19.5 Å². The maximum atomic E-state index is 12.9. The number of rotatable bonds is 7. The number of benzene rings is 2. The van der Waals surface area contributed by atoms with E-state index in [9.17, 15) is 14.4 Å². The van der Waals surface area contributed by atoms with E-state index in [0.29, 0.717) is 23.7 Å². The van der Waals surface area contributed by atoms with Gasteiger partial charge in [-0.3, -0.25) is 19.3 Å². The van der Waals surface area contributed by atoms with Gasteiger partial charge in [0.2, 0.25) is 5.91 Å². The lowest BCUT2D eigenvalue weighted by Gasteiger charge is -2.30. The molecule has 1 atom stereocenters. The molecule has 9 heteroatoms. The number of thiazole rings is 1. The summed E-state index contributed by atoms with van der Waals surface area (Å²) in [5, 5.41) is 5.25. The second-order valence-corrected chi connectivity index (χ2v) is 8.23. The summed E-state index contributed by atoms with van der Waals surface area (Å²) in [6, 6.07) is 14.6. The Kier molecular flexibility index (Phi) is 6.69. The molecule has 0 aliphatic carbocycles. The van der Waals surface area contributed by atoms with Gasteiger partial charge < -0.3 is 14.8 Å². The van der Waals surface area contributed by atoms with E-state index in [4.69, 9.17) is 9.47 Å². The van der Waals surface area contributed by atoms with E-state index < -0.39 is 18.0 Å². The first-order chi connectivity index (χ1) is 16.0. The van der Waals surface area contributed by atoms with Crippen LogP contribution in [0.25, 0.3) is 10.6 Å². The van der Waals surface area contributed by atoms with Crippen molar-refractivity contribution < 1.29 is 23.9 Å². The topological polar surface area (TPSA) is 97.8 Å². The predicted molar refractivity (Wildman–Crippen MR) is 125 cm³/mol. The monoisotopic (exact) mass is 465 g/mol. The molecule has 170 valence electrons. The third-order valence-electron chi connectivity index (χ3n) is 4.99. The van der Waals surface area contributed by atoms with Gasteiger partial charge >= 0.3 is 5.97 Å². The van der Waals surface area contributed by atoms with Gasteiger partial charge in [-0.15, -0.1) is 11.3 Å². The number of aromatic nitrogens is 1. The van der Waals surface area contributed by atoms with Crippen LogP contribution in [0, 0.1) is 0 Å². The number of nitrogens with one attached hydrogen (secondary N) is 1. The Balaban J connectivity index is 1.41. The van der Waals surface area contributed by atoms with E-state index in [-0.39, 0.29) is 18.9 Å². The third kappa shape index (κ3) is 5.04. The van der Waals surface area contributed by atoms with Gasteiger partial charge in [0, 0.05) is 5.38 Å². The van der Waals surface area contributed by atoms with Crippen LogP contribution in [0.4, 0.5) is 11.4 Å². The number of fused-ring (bicyclic) bond motifs is 1. The Morgan fingerprint density at radius 1 is 1.18 bits per heavy atom. The molecule has 1 N–H and O–H groups in total. The molecule has 0 saturated heterocycles. The number of anilines is 2. The largest absolute Gasteiger partial charge is 0.493 e. The van der Waals surface area contributed by atoms with E-state index in [1.807, 2.05) is 31.2 Å². The van der Waals surface area contributed by atoms with Gasteiger partial charge in [-0.1, -0.05) is 24.3 Å². The highest BCUT2D eigenvalue weighted by Crippen LogP contribution is 2.32. The van der Waals surface area contributed by atoms with Gasteiger partial charge in [0.05, 0.1) is 35.7 Å². The Hall–Kier alpha value is -3.72. The number of ether oxygens (including phenoxy) is 2. The number of carbonyl (C=O) groups is 3. The maximum absolute atomic E-state index is 12.9. The van der Waals surface area contributed by atoms with E-state index >= 15 is 0 Å². The first-order valence-electron chi connectivity index (χ1n) is 10.5. The summed E-state index contributed by atoms with van der Waals surface area (Å²) in [4.78, 5) is 43.3. The first kappa shape index (κ1) is 22.5. The van der Waals surface area contributed by atoms with Crippen molar-refractivity contribution in [1.29, 1.82) is 0 Å². The molecule has 0 fully saturated rings. The molecule has 1 aromatic heterocycles. The van der Waals surface area contributed by atoms with Crippen molar-refractivity contribution in [1.82, 2.24) is 4.98 Å². The van der Waals surface area contributed by atoms with Crippen LogP contribution in [0.15, 0.2) is 53.9 Å². The molecule has 0 bridgehead atoms. The molecular weight excluding hydrogens is 442 g/mol. The summed E-state index contributed by atoms with van der Waals surface area (Å²) < 4.78 is 11.0. The molecule has 2 aromatic carbocycles. The molecule has 2 amide bonds. The van der Waals surface area contributed by atoms with E-state index in [2.05, 4.69) is 10.3 Å². The summed E-state index contributed by atoms with van der Waals surface area (Å²) in [7, 11) is 0. The average molecular weight is 466 g/mol. The second-order valence-electron chi connectivity index (χ2n) is 7.37. The molecule has 1 aliphatic rings. The Morgan fingerprint density at radius 2 is 1.94 bits per heavy atom. The molecule has 0 spiro atoms. The zero-order valence-corrected chi connectivity index (χ0v) is 19.1. The second kappa shape index (κ2) is 9.83. The minimum Gasteiger partial charge on any atom is -0.493 e. The number of amides is 2. The Morgan fingerprint density at radius 3 is 2.76 bits per heavy atom. The lowest BCUT2D eigenvalue weighted by atomic mass is 10.1. The normalized spacial score (nSPS) is 13.6. The third-order valence-corrected chi connectivity index (χ3v) is 5.91. The number of nitrogens with zero attached hydrogens (tertiary/aromatic N) is 2. The number of esters is 1. The molecule has 1 aliphatic heterocycles. The van der Waals surface area contributed by atoms with E-state index in [1.165, 1.54) is 23.2 Å². The summed E-state index contributed by atoms with van der Waals surface area (Å²) in [5.74, 6) is -0.604. The van der Waals surface area contributed by atoms with Gasteiger partial charge in [-0.05, 0) is 38.1 Å². The highest BCUT2D eigenvalue weighted by Gasteiger charge is 2.31. The fourth-order valence-corrected chi connectivity index (χ4v) is 4.37. The Labute approximate surface area is 195 Å². The number of hydrogen-bond donors (Lipinski definition) is 1. The van der Waals surface area contributed by atoms with Crippen molar-refractivity contribution in [3.63, 3.8) is 0 Å². The maximum Gasteiger partial charge on any atom is 0.312 e. The van der Waals surface area contributed by atoms with Crippen LogP contribution in [-0.2, 0) is 25.5 Å². The predicted octanol–water partition coefficient (Wildman–Crippen LogP) is 3.67. The van der Waals surface area contributed by atoms with Crippen molar-refractivity contribution in [2.24, 2.45) is 0 Å². The highest BCUT2D eigenvalue weighted by molar-refractivity contribution is 7.13. The van der Waals surface area contributed by atoms with Crippen molar-refractivity contribution >= 4 is 40.5 Å². The van der Waals surface area contributed by atoms with Gasteiger partial charge in [0.15, 0.2) is 6.10 Å². The van der Waals surface area contributed by atoms with E-state index in [0.717, 1.165) is 16.3 Å². The highest BCUT2D eigenvalue weighted by atomic mass is 32.1. The number of hydrogen-bond acceptors (Lipinski definition) is 7. The van der Waals surface area contributed by atoms with Crippen molar-refractivity contribution in [2.45, 2.75) is 26.4 Å². The first-order valence-corrected chi connectivity index (χ1v) is 11.4. The van der Waals surface area contributed by atoms with Crippen LogP contribution in [0.5, 0.6) is 5.75 Å². The van der Waals surface area contributed by atoms with Crippen LogP contribution in [0.3, 0.4) is 0 Å². The molecule has 0 radical (unpaired) electrons. The van der Waals surface area contributed by atoms with Gasteiger partial charge in [0.25, 0.3) is 5.91 Å². The van der Waals surface area contributed by atoms with Crippen LogP contribution < -0.4 is 15.0 Å². The summed E-state index contributed by atoms with van der Waals surface area (Å²) in [6.45, 7) is 3.82. The van der Waals surface area contributed by atoms with Crippen LogP contribution in [0.2, 0.25) is 0 Å². The molecule has 4 rings (SSSR count). The molecule has 2 heterocycles. The summed E-state index contributed by atoms with van der Waals surface area (Å²) in [5.41, 5.74) is 2.52. The van der Waals surface area contributed by atoms with Gasteiger partial charge in [-0.25, -0.2) is 4.98 Å². The van der Waals surface area contributed by atoms with Crippen molar-refractivity contribution in [3.05, 3.63) is 59.6 Å². The standard InChI is InChI=1S/C24H23N3O5S/c1-3-31-20-11-7-4-8-17(20)23-25-16(14-33-23)12-22(29)32-15(2)24(30)27-13-21(28)26-18-9-5-6-10-19(18)27/h4-11,14-15H,3,12-13H2,1-2H3,(H,26,28)/t15-/m1/s1. The molecular formula is C24H23N3O5S. The average Bonchev–Trinajstić information content (AvgIpc) is 3.26. The van der Waals surface area contributed by atoms with Gasteiger partial charge in [-0.2, -0.15) is 0 Å². The quantitative estimate of drug-likeness (QED) is 0.535. The fraction of sp³-hybridized carbons (Fsp3) is 0.250. The Bertz CT molecular complexity index is 1190. The van der Waals surface area contributed by atoms with Crippen molar-refractivity contribution in [2.75, 3.05) is 23.4 Å². The summed E-state index contributed by atoms with van der Waals surface area (Å²) in [6.07, 6.45) is -1.12. The number of para-hydroxylation sites is 3. The lowest BCUT2D eigenvalue weighted by molar-refractivity contribution is -0.153. The smallest absolute Gasteiger partial charge is 0.312 e. The molecule has 0 saturated carbocycles. The summed E-state index contributed by atoms with van der Waals surface area (Å²) >= 11 is 1.41. The minimum absolute atomic E-state index is 0.0675. The SMILES string of the molecule is CCOc1ccccc1-c1nc(CC(=O)O[C@H](C)C(=O)N2CC(=O)Nc3ccccc32)cs1. The minimum atomic E-state index is -1.05. The molecule has 3 aromatic rings. The zero-order chi connectivity index (χ0) is 23.4. The molecule has 0 unspecified atom stereocenters. The number of carbonyl (C=O) groups excluding carboxylic acids is 3. The van der Waals surface area contributed by atoms with Crippen LogP contribution in [-0.4, -0.2) is 42.0 Å². The fourth-order valence-electron chi connectivity index (χ4n) is 3.52. The molecule has 8 nitrogen and oxygen atoms in total. The van der Waals surface area contributed by atoms with Gasteiger partial charge in [0.1, 0.15) is 17.3 Å². The molecule has 33 heavy (non-hydrogen) atoms. The van der Waals surface area contributed by atoms with E-state index in [1.54, 1.807) is 29.6 Å². The van der Waals surface area contributed by atoms with Crippen LogP contribution >= 0.6 is 11.3 Å². The van der Waals surface area contributed by atoms with Crippen molar-refractivity contribution in [3.8, 4) is 16.3 Å². The zero-order valence-electron chi connectivity index (χ0n) is 18.2.